The fraction of sp³-hybridized carbons (Fsp3) is 0.647. The third-order valence-electron chi connectivity index (χ3n) is 4.31. The molecule has 2 heteroatoms. The van der Waals surface area contributed by atoms with E-state index in [1.165, 1.54) is 48.8 Å². The Morgan fingerprint density at radius 2 is 1.79 bits per heavy atom. The molecule has 1 aliphatic carbocycles. The molecule has 0 aliphatic heterocycles. The molecule has 0 amide bonds. The first-order valence-corrected chi connectivity index (χ1v) is 8.60. The van der Waals surface area contributed by atoms with Crippen molar-refractivity contribution in [2.75, 3.05) is 0 Å². The number of alkyl halides is 1. The first-order chi connectivity index (χ1) is 9.15. The Morgan fingerprint density at radius 3 is 2.37 bits per heavy atom. The zero-order valence-electron chi connectivity index (χ0n) is 12.3. The fourth-order valence-electron chi connectivity index (χ4n) is 3.25. The van der Waals surface area contributed by atoms with Gasteiger partial charge in [-0.3, -0.25) is 0 Å². The van der Waals surface area contributed by atoms with Gasteiger partial charge in [-0.1, -0.05) is 41.4 Å². The number of hydrogen-bond donors (Lipinski definition) is 0. The maximum absolute atomic E-state index is 6.40. The zero-order chi connectivity index (χ0) is 13.8. The third kappa shape index (κ3) is 3.53. The van der Waals surface area contributed by atoms with Crippen LogP contribution in [0.5, 0.6) is 5.75 Å². The molecule has 0 N–H and O–H groups in total. The van der Waals surface area contributed by atoms with Crippen LogP contribution in [0.25, 0.3) is 0 Å². The summed E-state index contributed by atoms with van der Waals surface area (Å²) in [4.78, 5) is 0. The van der Waals surface area contributed by atoms with Crippen LogP contribution in [0.2, 0.25) is 0 Å². The summed E-state index contributed by atoms with van der Waals surface area (Å²) < 4.78 is 6.40. The molecule has 1 nitrogen and oxygen atoms in total. The molecule has 106 valence electrons. The molecule has 0 spiro atoms. The lowest BCUT2D eigenvalue weighted by Crippen LogP contribution is -2.30. The maximum atomic E-state index is 6.40. The molecule has 1 aromatic rings. The van der Waals surface area contributed by atoms with Crippen molar-refractivity contribution in [3.63, 3.8) is 0 Å². The van der Waals surface area contributed by atoms with Crippen LogP contribution in [-0.2, 0) is 5.33 Å². The van der Waals surface area contributed by atoms with Crippen LogP contribution in [-0.4, -0.2) is 6.10 Å². The second kappa shape index (κ2) is 6.78. The Morgan fingerprint density at radius 1 is 1.16 bits per heavy atom. The van der Waals surface area contributed by atoms with E-state index in [4.69, 9.17) is 4.74 Å². The Bertz CT molecular complexity index is 404. The number of rotatable bonds is 4. The lowest BCUT2D eigenvalue weighted by Gasteiger charge is -2.32. The molecule has 1 saturated carbocycles. The third-order valence-corrected chi connectivity index (χ3v) is 4.95. The van der Waals surface area contributed by atoms with Crippen molar-refractivity contribution in [3.05, 3.63) is 28.8 Å². The van der Waals surface area contributed by atoms with Gasteiger partial charge in [0.1, 0.15) is 11.9 Å². The molecular weight excluding hydrogens is 300 g/mol. The first-order valence-electron chi connectivity index (χ1n) is 7.48. The Kier molecular flexibility index (Phi) is 5.32. The van der Waals surface area contributed by atoms with E-state index in [2.05, 4.69) is 48.8 Å². The standard InChI is InChI=1S/C17H25BrO/c1-4-15-7-5-6-8-16(15)19-17-12(2)9-14(11-18)10-13(17)3/h9-10,15-16H,4-8,11H2,1-3H3. The van der Waals surface area contributed by atoms with Gasteiger partial charge in [-0.15, -0.1) is 0 Å². The molecule has 1 fully saturated rings. The summed E-state index contributed by atoms with van der Waals surface area (Å²) in [6.45, 7) is 6.62. The quantitative estimate of drug-likeness (QED) is 0.660. The van der Waals surface area contributed by atoms with Gasteiger partial charge in [0, 0.05) is 5.33 Å². The monoisotopic (exact) mass is 324 g/mol. The number of ether oxygens (including phenoxy) is 1. The molecule has 0 bridgehead atoms. The zero-order valence-corrected chi connectivity index (χ0v) is 13.9. The topological polar surface area (TPSA) is 9.23 Å². The highest BCUT2D eigenvalue weighted by atomic mass is 79.9. The lowest BCUT2D eigenvalue weighted by atomic mass is 9.84. The minimum Gasteiger partial charge on any atom is -0.490 e. The highest BCUT2D eigenvalue weighted by Gasteiger charge is 2.26. The van der Waals surface area contributed by atoms with Gasteiger partial charge in [0.15, 0.2) is 0 Å². The molecule has 1 aliphatic rings. The van der Waals surface area contributed by atoms with E-state index in [-0.39, 0.29) is 0 Å². The second-order valence-electron chi connectivity index (χ2n) is 5.80. The van der Waals surface area contributed by atoms with Crippen LogP contribution in [0.1, 0.15) is 55.7 Å². The van der Waals surface area contributed by atoms with Gasteiger partial charge in [-0.05, 0) is 62.1 Å². The van der Waals surface area contributed by atoms with Crippen molar-refractivity contribution < 1.29 is 4.74 Å². The van der Waals surface area contributed by atoms with E-state index < -0.39 is 0 Å². The largest absolute Gasteiger partial charge is 0.490 e. The summed E-state index contributed by atoms with van der Waals surface area (Å²) >= 11 is 3.53. The van der Waals surface area contributed by atoms with Gasteiger partial charge in [0.2, 0.25) is 0 Å². The molecule has 0 radical (unpaired) electrons. The molecule has 0 aromatic heterocycles. The van der Waals surface area contributed by atoms with E-state index in [0.29, 0.717) is 6.10 Å². The highest BCUT2D eigenvalue weighted by Crippen LogP contribution is 2.33. The SMILES string of the molecule is CCC1CCCCC1Oc1c(C)cc(CBr)cc1C. The van der Waals surface area contributed by atoms with E-state index in [1.807, 2.05) is 0 Å². The van der Waals surface area contributed by atoms with Gasteiger partial charge in [-0.25, -0.2) is 0 Å². The Balaban J connectivity index is 2.18. The highest BCUT2D eigenvalue weighted by molar-refractivity contribution is 9.08. The van der Waals surface area contributed by atoms with Gasteiger partial charge in [0.25, 0.3) is 0 Å². The van der Waals surface area contributed by atoms with E-state index >= 15 is 0 Å². The predicted octanol–water partition coefficient (Wildman–Crippen LogP) is 5.55. The maximum Gasteiger partial charge on any atom is 0.125 e. The molecular formula is C17H25BrO. The lowest BCUT2D eigenvalue weighted by molar-refractivity contribution is 0.0890. The van der Waals surface area contributed by atoms with Crippen molar-refractivity contribution in [1.82, 2.24) is 0 Å². The van der Waals surface area contributed by atoms with Crippen molar-refractivity contribution >= 4 is 15.9 Å². The first kappa shape index (κ1) is 14.9. The molecule has 2 atom stereocenters. The van der Waals surface area contributed by atoms with Gasteiger partial charge >= 0.3 is 0 Å². The predicted molar refractivity (Wildman–Crippen MR) is 85.2 cm³/mol. The van der Waals surface area contributed by atoms with Crippen LogP contribution in [0.4, 0.5) is 0 Å². The Labute approximate surface area is 125 Å². The normalized spacial score (nSPS) is 23.4. The molecule has 2 unspecified atom stereocenters. The van der Waals surface area contributed by atoms with E-state index in [0.717, 1.165) is 17.0 Å². The summed E-state index contributed by atoms with van der Waals surface area (Å²) in [6, 6.07) is 4.47. The molecule has 0 saturated heterocycles. The van der Waals surface area contributed by atoms with Crippen LogP contribution in [0.15, 0.2) is 12.1 Å². The number of aryl methyl sites for hydroxylation is 2. The van der Waals surface area contributed by atoms with Crippen LogP contribution in [0, 0.1) is 19.8 Å². The minimum atomic E-state index is 0.422. The molecule has 1 aromatic carbocycles. The molecule has 19 heavy (non-hydrogen) atoms. The Hall–Kier alpha value is -0.500. The van der Waals surface area contributed by atoms with Crippen LogP contribution in [0.3, 0.4) is 0 Å². The van der Waals surface area contributed by atoms with Crippen molar-refractivity contribution in [1.29, 1.82) is 0 Å². The summed E-state index contributed by atoms with van der Waals surface area (Å²) in [5.41, 5.74) is 3.88. The smallest absolute Gasteiger partial charge is 0.125 e. The second-order valence-corrected chi connectivity index (χ2v) is 6.36. The summed E-state index contributed by atoms with van der Waals surface area (Å²) in [5.74, 6) is 1.86. The summed E-state index contributed by atoms with van der Waals surface area (Å²) in [6.07, 6.45) is 6.90. The van der Waals surface area contributed by atoms with Crippen LogP contribution >= 0.6 is 15.9 Å². The van der Waals surface area contributed by atoms with Crippen molar-refractivity contribution in [3.8, 4) is 5.75 Å². The van der Waals surface area contributed by atoms with Gasteiger partial charge < -0.3 is 4.74 Å². The molecule has 0 heterocycles. The van der Waals surface area contributed by atoms with E-state index in [9.17, 15) is 0 Å². The van der Waals surface area contributed by atoms with Gasteiger partial charge in [0.05, 0.1) is 0 Å². The number of hydrogen-bond acceptors (Lipinski definition) is 1. The average molecular weight is 325 g/mol. The van der Waals surface area contributed by atoms with Crippen molar-refractivity contribution in [2.45, 2.75) is 64.3 Å². The number of benzene rings is 1. The fourth-order valence-corrected chi connectivity index (χ4v) is 3.57. The minimum absolute atomic E-state index is 0.422. The van der Waals surface area contributed by atoms with E-state index in [1.54, 1.807) is 0 Å². The van der Waals surface area contributed by atoms with Crippen LogP contribution < -0.4 is 4.74 Å². The summed E-state index contributed by atoms with van der Waals surface area (Å²) in [5, 5.41) is 0.913. The van der Waals surface area contributed by atoms with Crippen molar-refractivity contribution in [2.24, 2.45) is 5.92 Å². The average Bonchev–Trinajstić information content (AvgIpc) is 2.43. The van der Waals surface area contributed by atoms with Gasteiger partial charge in [-0.2, -0.15) is 0 Å². The summed E-state index contributed by atoms with van der Waals surface area (Å²) in [7, 11) is 0. The molecule has 2 rings (SSSR count). The number of halogens is 1.